The Morgan fingerprint density at radius 3 is 2.15 bits per heavy atom. The van der Waals surface area contributed by atoms with Crippen molar-refractivity contribution in [3.63, 3.8) is 0 Å². The number of anilines is 3. The van der Waals surface area contributed by atoms with Gasteiger partial charge in [-0.3, -0.25) is 0 Å². The predicted molar refractivity (Wildman–Crippen MR) is 110 cm³/mol. The van der Waals surface area contributed by atoms with Gasteiger partial charge in [0.25, 0.3) is 0 Å². The van der Waals surface area contributed by atoms with Crippen molar-refractivity contribution < 1.29 is 4.74 Å². The largest absolute Gasteiger partial charge is 0.378 e. The number of hydrogen-bond acceptors (Lipinski definition) is 6. The number of rotatable bonds is 3. The molecule has 1 aromatic heterocycles. The molecule has 2 saturated heterocycles. The maximum absolute atomic E-state index is 5.48. The first kappa shape index (κ1) is 19.1. The van der Waals surface area contributed by atoms with E-state index in [-0.39, 0.29) is 5.54 Å². The average Bonchev–Trinajstić information content (AvgIpc) is 2.61. The summed E-state index contributed by atoms with van der Waals surface area (Å²) in [6.07, 6.45) is 3.72. The van der Waals surface area contributed by atoms with E-state index in [1.807, 2.05) is 0 Å². The maximum atomic E-state index is 5.48. The van der Waals surface area contributed by atoms with E-state index in [0.717, 1.165) is 51.0 Å². The lowest BCUT2D eigenvalue weighted by Crippen LogP contribution is -2.43. The van der Waals surface area contributed by atoms with Gasteiger partial charge in [0.2, 0.25) is 5.95 Å². The molecule has 3 heterocycles. The fraction of sp³-hybridized carbons (Fsp3) is 0.722. The predicted octanol–water partition coefficient (Wildman–Crippen LogP) is 2.39. The zero-order valence-electron chi connectivity index (χ0n) is 16.0. The quantitative estimate of drug-likeness (QED) is 0.778. The van der Waals surface area contributed by atoms with E-state index < -0.39 is 0 Å². The van der Waals surface area contributed by atoms with E-state index in [0.29, 0.717) is 11.1 Å². The van der Waals surface area contributed by atoms with Gasteiger partial charge in [-0.05, 0) is 52.3 Å². The van der Waals surface area contributed by atoms with Crippen LogP contribution in [0.2, 0.25) is 0 Å². The number of nitrogens with zero attached hydrogens (tertiary/aromatic N) is 4. The van der Waals surface area contributed by atoms with E-state index in [9.17, 15) is 0 Å². The minimum absolute atomic E-state index is 0.110. The first-order valence-corrected chi connectivity index (χ1v) is 9.87. The lowest BCUT2D eigenvalue weighted by Gasteiger charge is -2.31. The lowest BCUT2D eigenvalue weighted by atomic mass is 10.1. The van der Waals surface area contributed by atoms with Gasteiger partial charge in [-0.2, -0.15) is 9.97 Å². The third kappa shape index (κ3) is 5.41. The standard InChI is InChI=1S/C18H30N6OS/c1-18(2,3)22-17(26)21-16-19-14(23-7-5-4-6-8-23)13-15(20-16)24-9-11-25-12-10-24/h13H,4-12H2,1-3H3,(H2,19,20,21,22,26). The molecule has 3 rings (SSSR count). The second-order valence-electron chi connectivity index (χ2n) is 7.88. The van der Waals surface area contributed by atoms with Crippen LogP contribution in [-0.2, 0) is 4.74 Å². The molecule has 2 fully saturated rings. The van der Waals surface area contributed by atoms with Crippen LogP contribution in [0.4, 0.5) is 17.6 Å². The molecule has 0 bridgehead atoms. The fourth-order valence-electron chi connectivity index (χ4n) is 3.19. The van der Waals surface area contributed by atoms with Gasteiger partial charge < -0.3 is 25.2 Å². The van der Waals surface area contributed by atoms with Crippen molar-refractivity contribution in [2.24, 2.45) is 0 Å². The van der Waals surface area contributed by atoms with Crippen LogP contribution < -0.4 is 20.4 Å². The Kier molecular flexibility index (Phi) is 6.13. The summed E-state index contributed by atoms with van der Waals surface area (Å²) in [5.41, 5.74) is -0.110. The SMILES string of the molecule is CC(C)(C)NC(=S)Nc1nc(N2CCCCC2)cc(N2CCOCC2)n1. The van der Waals surface area contributed by atoms with Crippen LogP contribution in [0.3, 0.4) is 0 Å². The van der Waals surface area contributed by atoms with Gasteiger partial charge in [-0.1, -0.05) is 0 Å². The first-order valence-electron chi connectivity index (χ1n) is 9.47. The molecule has 0 radical (unpaired) electrons. The van der Waals surface area contributed by atoms with Crippen LogP contribution in [0, 0.1) is 0 Å². The number of morpholine rings is 1. The van der Waals surface area contributed by atoms with Crippen molar-refractivity contribution in [1.29, 1.82) is 0 Å². The van der Waals surface area contributed by atoms with Gasteiger partial charge in [-0.15, -0.1) is 0 Å². The van der Waals surface area contributed by atoms with Crippen molar-refractivity contribution >= 4 is 34.9 Å². The molecule has 0 atom stereocenters. The maximum Gasteiger partial charge on any atom is 0.232 e. The van der Waals surface area contributed by atoms with Gasteiger partial charge in [0, 0.05) is 37.8 Å². The smallest absolute Gasteiger partial charge is 0.232 e. The van der Waals surface area contributed by atoms with Crippen LogP contribution >= 0.6 is 12.2 Å². The van der Waals surface area contributed by atoms with Crippen LogP contribution in [0.1, 0.15) is 40.0 Å². The summed E-state index contributed by atoms with van der Waals surface area (Å²) in [6.45, 7) is 11.5. The molecule has 0 aromatic carbocycles. The summed E-state index contributed by atoms with van der Waals surface area (Å²) in [5, 5.41) is 6.97. The molecule has 8 heteroatoms. The van der Waals surface area contributed by atoms with E-state index in [2.05, 4.69) is 47.3 Å². The minimum atomic E-state index is -0.110. The third-order valence-corrected chi connectivity index (χ3v) is 4.63. The molecule has 0 saturated carbocycles. The normalized spacial score (nSPS) is 18.6. The molecule has 2 N–H and O–H groups in total. The Morgan fingerprint density at radius 2 is 1.58 bits per heavy atom. The van der Waals surface area contributed by atoms with Gasteiger partial charge >= 0.3 is 0 Å². The van der Waals surface area contributed by atoms with Gasteiger partial charge in [-0.25, -0.2) is 0 Å². The van der Waals surface area contributed by atoms with Crippen molar-refractivity contribution in [2.75, 3.05) is 54.5 Å². The van der Waals surface area contributed by atoms with E-state index in [4.69, 9.17) is 26.9 Å². The molecule has 0 unspecified atom stereocenters. The Hall–Kier alpha value is -1.67. The highest BCUT2D eigenvalue weighted by molar-refractivity contribution is 7.80. The second kappa shape index (κ2) is 8.35. The zero-order valence-corrected chi connectivity index (χ0v) is 16.9. The van der Waals surface area contributed by atoms with Crippen molar-refractivity contribution in [2.45, 2.75) is 45.6 Å². The Bertz CT molecular complexity index is 584. The Balaban J connectivity index is 1.82. The van der Waals surface area contributed by atoms with Gasteiger partial charge in [0.05, 0.1) is 13.2 Å². The number of piperidine rings is 1. The molecule has 7 nitrogen and oxygen atoms in total. The molecule has 0 spiro atoms. The highest BCUT2D eigenvalue weighted by Crippen LogP contribution is 2.24. The van der Waals surface area contributed by atoms with E-state index in [1.165, 1.54) is 19.3 Å². The summed E-state index contributed by atoms with van der Waals surface area (Å²) in [7, 11) is 0. The van der Waals surface area contributed by atoms with E-state index in [1.54, 1.807) is 0 Å². The molecule has 0 amide bonds. The topological polar surface area (TPSA) is 65.6 Å². The van der Waals surface area contributed by atoms with Crippen molar-refractivity contribution in [3.8, 4) is 0 Å². The van der Waals surface area contributed by atoms with Crippen molar-refractivity contribution in [3.05, 3.63) is 6.07 Å². The highest BCUT2D eigenvalue weighted by atomic mass is 32.1. The molecule has 1 aromatic rings. The Labute approximate surface area is 161 Å². The number of thiocarbonyl (C=S) groups is 1. The summed E-state index contributed by atoms with van der Waals surface area (Å²) >= 11 is 5.43. The summed E-state index contributed by atoms with van der Waals surface area (Å²) < 4.78 is 5.48. The monoisotopic (exact) mass is 378 g/mol. The minimum Gasteiger partial charge on any atom is -0.378 e. The number of hydrogen-bond donors (Lipinski definition) is 2. The van der Waals surface area contributed by atoms with Crippen LogP contribution in [0.15, 0.2) is 6.07 Å². The number of nitrogens with one attached hydrogen (secondary N) is 2. The fourth-order valence-corrected chi connectivity index (χ4v) is 3.59. The average molecular weight is 379 g/mol. The Morgan fingerprint density at radius 1 is 1.00 bits per heavy atom. The number of aromatic nitrogens is 2. The first-order chi connectivity index (χ1) is 12.4. The second-order valence-corrected chi connectivity index (χ2v) is 8.29. The van der Waals surface area contributed by atoms with Crippen LogP contribution in [0.5, 0.6) is 0 Å². The lowest BCUT2D eigenvalue weighted by molar-refractivity contribution is 0.122. The summed E-state index contributed by atoms with van der Waals surface area (Å²) in [5.74, 6) is 2.46. The van der Waals surface area contributed by atoms with Gasteiger partial charge in [0.15, 0.2) is 5.11 Å². The molecule has 144 valence electrons. The molecule has 2 aliphatic rings. The zero-order chi connectivity index (χ0) is 18.6. The van der Waals surface area contributed by atoms with Crippen LogP contribution in [0.25, 0.3) is 0 Å². The molecular formula is C18H30N6OS. The molecule has 2 aliphatic heterocycles. The third-order valence-electron chi connectivity index (χ3n) is 4.43. The summed E-state index contributed by atoms with van der Waals surface area (Å²) in [4.78, 5) is 14.1. The van der Waals surface area contributed by atoms with Crippen LogP contribution in [-0.4, -0.2) is 60.0 Å². The molecular weight excluding hydrogens is 348 g/mol. The highest BCUT2D eigenvalue weighted by Gasteiger charge is 2.20. The molecule has 0 aliphatic carbocycles. The van der Waals surface area contributed by atoms with Crippen molar-refractivity contribution in [1.82, 2.24) is 15.3 Å². The molecule has 26 heavy (non-hydrogen) atoms. The van der Waals surface area contributed by atoms with Gasteiger partial charge in [0.1, 0.15) is 11.6 Å². The summed E-state index contributed by atoms with van der Waals surface area (Å²) in [6, 6.07) is 2.10. The van der Waals surface area contributed by atoms with E-state index >= 15 is 0 Å². The number of ether oxygens (including phenoxy) is 1.